The van der Waals surface area contributed by atoms with Gasteiger partial charge in [0.1, 0.15) is 5.82 Å². The van der Waals surface area contributed by atoms with Gasteiger partial charge < -0.3 is 10.0 Å². The molecule has 1 N–H and O–H groups in total. The number of halogens is 1. The highest BCUT2D eigenvalue weighted by atomic mass is 19.1. The van der Waals surface area contributed by atoms with Gasteiger partial charge in [-0.1, -0.05) is 13.0 Å². The van der Waals surface area contributed by atoms with Gasteiger partial charge in [-0.3, -0.25) is 9.59 Å². The van der Waals surface area contributed by atoms with Gasteiger partial charge in [0.2, 0.25) is 0 Å². The molecule has 1 heterocycles. The lowest BCUT2D eigenvalue weighted by Gasteiger charge is -2.39. The molecule has 0 aromatic heterocycles. The average Bonchev–Trinajstić information content (AvgIpc) is 2.48. The summed E-state index contributed by atoms with van der Waals surface area (Å²) in [5.41, 5.74) is 0.131. The number of carboxylic acids is 1. The molecule has 1 unspecified atom stereocenters. The second-order valence-corrected chi connectivity index (χ2v) is 5.73. The highest BCUT2D eigenvalue weighted by molar-refractivity contribution is 5.96. The Morgan fingerprint density at radius 1 is 1.43 bits per heavy atom. The van der Waals surface area contributed by atoms with Crippen molar-refractivity contribution in [2.45, 2.75) is 33.1 Å². The summed E-state index contributed by atoms with van der Waals surface area (Å²) in [4.78, 5) is 25.6. The first-order valence-electron chi connectivity index (χ1n) is 7.18. The normalized spacial score (nSPS) is 22.1. The van der Waals surface area contributed by atoms with E-state index in [2.05, 4.69) is 0 Å². The van der Waals surface area contributed by atoms with Gasteiger partial charge in [0.05, 0.1) is 5.41 Å². The first kappa shape index (κ1) is 15.5. The highest BCUT2D eigenvalue weighted by Crippen LogP contribution is 2.34. The second kappa shape index (κ2) is 5.84. The van der Waals surface area contributed by atoms with E-state index in [4.69, 9.17) is 0 Å². The van der Waals surface area contributed by atoms with E-state index in [1.807, 2.05) is 6.92 Å². The summed E-state index contributed by atoms with van der Waals surface area (Å²) in [5, 5.41) is 9.46. The van der Waals surface area contributed by atoms with E-state index in [9.17, 15) is 19.1 Å². The van der Waals surface area contributed by atoms with Gasteiger partial charge in [0.25, 0.3) is 5.91 Å². The third-order valence-corrected chi connectivity index (χ3v) is 4.42. The minimum atomic E-state index is -0.880. The van der Waals surface area contributed by atoms with Crippen LogP contribution in [-0.4, -0.2) is 35.0 Å². The van der Waals surface area contributed by atoms with Crippen LogP contribution in [0.4, 0.5) is 4.39 Å². The summed E-state index contributed by atoms with van der Waals surface area (Å²) in [6, 6.07) is 4.10. The van der Waals surface area contributed by atoms with Crippen molar-refractivity contribution in [3.8, 4) is 0 Å². The van der Waals surface area contributed by atoms with E-state index in [-0.39, 0.29) is 12.5 Å². The minimum absolute atomic E-state index is 0.188. The predicted octanol–water partition coefficient (Wildman–Crippen LogP) is 2.85. The molecular formula is C16H20FNO3. The lowest BCUT2D eigenvalue weighted by molar-refractivity contribution is -0.152. The summed E-state index contributed by atoms with van der Waals surface area (Å²) in [7, 11) is 0. The molecule has 0 aliphatic carbocycles. The van der Waals surface area contributed by atoms with Crippen LogP contribution in [0.25, 0.3) is 0 Å². The van der Waals surface area contributed by atoms with Gasteiger partial charge in [0.15, 0.2) is 0 Å². The van der Waals surface area contributed by atoms with Crippen LogP contribution >= 0.6 is 0 Å². The van der Waals surface area contributed by atoms with Crippen LogP contribution in [-0.2, 0) is 4.79 Å². The number of hydrogen-bond donors (Lipinski definition) is 1. The van der Waals surface area contributed by atoms with E-state index in [1.165, 1.54) is 12.1 Å². The molecule has 1 atom stereocenters. The van der Waals surface area contributed by atoms with Crippen LogP contribution in [0.3, 0.4) is 0 Å². The van der Waals surface area contributed by atoms with Gasteiger partial charge in [-0.15, -0.1) is 0 Å². The zero-order valence-electron chi connectivity index (χ0n) is 12.4. The fourth-order valence-corrected chi connectivity index (χ4v) is 2.91. The average molecular weight is 293 g/mol. The molecular weight excluding hydrogens is 273 g/mol. The van der Waals surface area contributed by atoms with Crippen molar-refractivity contribution in [2.75, 3.05) is 13.1 Å². The molecule has 4 nitrogen and oxygen atoms in total. The van der Waals surface area contributed by atoms with Gasteiger partial charge >= 0.3 is 5.97 Å². The van der Waals surface area contributed by atoms with Crippen molar-refractivity contribution in [1.82, 2.24) is 4.90 Å². The number of rotatable bonds is 3. The number of benzene rings is 1. The lowest BCUT2D eigenvalue weighted by Crippen LogP contribution is -2.49. The van der Waals surface area contributed by atoms with Crippen molar-refractivity contribution in [3.63, 3.8) is 0 Å². The van der Waals surface area contributed by atoms with E-state index in [0.717, 1.165) is 0 Å². The van der Waals surface area contributed by atoms with Crippen LogP contribution < -0.4 is 0 Å². The Morgan fingerprint density at radius 3 is 2.76 bits per heavy atom. The number of likely N-dealkylation sites (tertiary alicyclic amines) is 1. The van der Waals surface area contributed by atoms with Crippen molar-refractivity contribution in [1.29, 1.82) is 0 Å². The quantitative estimate of drug-likeness (QED) is 0.932. The van der Waals surface area contributed by atoms with Crippen molar-refractivity contribution in [3.05, 3.63) is 35.1 Å². The fourth-order valence-electron chi connectivity index (χ4n) is 2.91. The molecule has 1 saturated heterocycles. The zero-order valence-corrected chi connectivity index (χ0v) is 12.4. The SMILES string of the molecule is CCC1(C(=O)O)CCCN(C(=O)c2cc(F)ccc2C)C1. The number of amides is 1. The molecule has 21 heavy (non-hydrogen) atoms. The number of aryl methyl sites for hydroxylation is 1. The Labute approximate surface area is 123 Å². The Hall–Kier alpha value is -1.91. The van der Waals surface area contributed by atoms with Gasteiger partial charge in [-0.05, 0) is 43.9 Å². The van der Waals surface area contributed by atoms with E-state index >= 15 is 0 Å². The maximum absolute atomic E-state index is 13.4. The minimum Gasteiger partial charge on any atom is -0.481 e. The molecule has 1 aromatic rings. The van der Waals surface area contributed by atoms with Crippen LogP contribution in [0.2, 0.25) is 0 Å². The molecule has 0 saturated carbocycles. The maximum Gasteiger partial charge on any atom is 0.311 e. The lowest BCUT2D eigenvalue weighted by atomic mass is 9.77. The Bertz CT molecular complexity index is 573. The van der Waals surface area contributed by atoms with Crippen molar-refractivity contribution >= 4 is 11.9 Å². The first-order chi connectivity index (χ1) is 9.89. The van der Waals surface area contributed by atoms with Crippen LogP contribution in [0, 0.1) is 18.2 Å². The summed E-state index contributed by atoms with van der Waals surface area (Å²) < 4.78 is 13.4. The molecule has 1 fully saturated rings. The standard InChI is InChI=1S/C16H20FNO3/c1-3-16(15(20)21)7-4-8-18(10-16)14(19)13-9-12(17)6-5-11(13)2/h5-6,9H,3-4,7-8,10H2,1-2H3,(H,20,21). The van der Waals surface area contributed by atoms with Crippen molar-refractivity contribution in [2.24, 2.45) is 5.41 Å². The smallest absolute Gasteiger partial charge is 0.311 e. The Balaban J connectivity index is 2.27. The second-order valence-electron chi connectivity index (χ2n) is 5.73. The number of carboxylic acid groups (broad SMARTS) is 1. The van der Waals surface area contributed by atoms with E-state index < -0.39 is 17.2 Å². The number of carbonyl (C=O) groups is 2. The van der Waals surface area contributed by atoms with Gasteiger partial charge in [0, 0.05) is 18.7 Å². The number of piperidine rings is 1. The van der Waals surface area contributed by atoms with Crippen LogP contribution in [0.5, 0.6) is 0 Å². The van der Waals surface area contributed by atoms with Crippen molar-refractivity contribution < 1.29 is 19.1 Å². The monoisotopic (exact) mass is 293 g/mol. The summed E-state index contributed by atoms with van der Waals surface area (Å²) in [5.74, 6) is -1.61. The van der Waals surface area contributed by atoms with Gasteiger partial charge in [-0.2, -0.15) is 0 Å². The molecule has 0 bridgehead atoms. The third-order valence-electron chi connectivity index (χ3n) is 4.42. The molecule has 114 valence electrons. The molecule has 0 spiro atoms. The maximum atomic E-state index is 13.4. The Kier molecular flexibility index (Phi) is 4.30. The summed E-state index contributed by atoms with van der Waals surface area (Å²) >= 11 is 0. The molecule has 0 radical (unpaired) electrons. The topological polar surface area (TPSA) is 57.6 Å². The number of hydrogen-bond acceptors (Lipinski definition) is 2. The van der Waals surface area contributed by atoms with E-state index in [0.29, 0.717) is 36.9 Å². The summed E-state index contributed by atoms with van der Waals surface area (Å²) in [6.07, 6.45) is 1.71. The third kappa shape index (κ3) is 2.91. The Morgan fingerprint density at radius 2 is 2.14 bits per heavy atom. The molecule has 1 aliphatic rings. The number of nitrogens with zero attached hydrogens (tertiary/aromatic N) is 1. The van der Waals surface area contributed by atoms with E-state index in [1.54, 1.807) is 17.9 Å². The molecule has 1 aromatic carbocycles. The summed E-state index contributed by atoms with van der Waals surface area (Å²) in [6.45, 7) is 4.29. The molecule has 1 amide bonds. The predicted molar refractivity (Wildman–Crippen MR) is 76.6 cm³/mol. The van der Waals surface area contributed by atoms with Gasteiger partial charge in [-0.25, -0.2) is 4.39 Å². The first-order valence-corrected chi connectivity index (χ1v) is 7.18. The molecule has 2 rings (SSSR count). The molecule has 1 aliphatic heterocycles. The fraction of sp³-hybridized carbons (Fsp3) is 0.500. The number of aliphatic carboxylic acids is 1. The molecule has 5 heteroatoms. The zero-order chi connectivity index (χ0) is 15.6. The van der Waals surface area contributed by atoms with Crippen LogP contribution in [0.1, 0.15) is 42.1 Å². The number of carbonyl (C=O) groups excluding carboxylic acids is 1. The largest absolute Gasteiger partial charge is 0.481 e. The van der Waals surface area contributed by atoms with Crippen LogP contribution in [0.15, 0.2) is 18.2 Å². The highest BCUT2D eigenvalue weighted by Gasteiger charge is 2.42.